The Balaban J connectivity index is 1.72. The van der Waals surface area contributed by atoms with Crippen molar-refractivity contribution in [2.75, 3.05) is 7.11 Å². The number of aliphatic hydroxyl groups is 1. The van der Waals surface area contributed by atoms with Crippen LogP contribution in [0.1, 0.15) is 52.9 Å². The maximum atomic E-state index is 13.4. The average molecular weight is 406 g/mol. The maximum absolute atomic E-state index is 13.4. The van der Waals surface area contributed by atoms with Gasteiger partial charge in [-0.05, 0) is 37.2 Å². The molecule has 0 aromatic carbocycles. The first-order valence-corrected chi connectivity index (χ1v) is 10.4. The zero-order valence-electron chi connectivity index (χ0n) is 17.5. The van der Waals surface area contributed by atoms with Crippen molar-refractivity contribution >= 4 is 17.7 Å². The van der Waals surface area contributed by atoms with Crippen LogP contribution in [0.3, 0.4) is 0 Å². The molecule has 0 spiro atoms. The van der Waals surface area contributed by atoms with E-state index in [9.17, 15) is 19.5 Å². The Morgan fingerprint density at radius 3 is 2.59 bits per heavy atom. The summed E-state index contributed by atoms with van der Waals surface area (Å²) >= 11 is 0. The Bertz CT molecular complexity index is 786. The number of carbonyl (C=O) groups excluding carboxylic acids is 3. The van der Waals surface area contributed by atoms with Crippen LogP contribution in [-0.2, 0) is 23.8 Å². The third-order valence-corrected chi connectivity index (χ3v) is 8.25. The fourth-order valence-corrected chi connectivity index (χ4v) is 6.35. The number of aliphatic hydroxyl groups excluding tert-OH is 1. The van der Waals surface area contributed by atoms with E-state index in [1.165, 1.54) is 7.11 Å². The van der Waals surface area contributed by atoms with Crippen LogP contribution in [0.5, 0.6) is 0 Å². The van der Waals surface area contributed by atoms with E-state index in [0.29, 0.717) is 31.3 Å². The summed E-state index contributed by atoms with van der Waals surface area (Å²) in [6, 6.07) is 0. The summed E-state index contributed by atoms with van der Waals surface area (Å²) in [5.74, 6) is -0.599. The van der Waals surface area contributed by atoms with E-state index in [-0.39, 0.29) is 35.9 Å². The molecule has 0 unspecified atom stereocenters. The second kappa shape index (κ2) is 6.38. The minimum Gasteiger partial charge on any atom is -0.438 e. The van der Waals surface area contributed by atoms with E-state index in [4.69, 9.17) is 9.47 Å². The van der Waals surface area contributed by atoms with E-state index < -0.39 is 34.8 Å². The Kier molecular flexibility index (Phi) is 4.52. The molecule has 4 rings (SSSR count). The number of methoxy groups -OCH3 is 1. The van der Waals surface area contributed by atoms with Gasteiger partial charge in [-0.3, -0.25) is 9.59 Å². The Hall–Kier alpha value is -1.73. The minimum atomic E-state index is -1.21. The van der Waals surface area contributed by atoms with Crippen LogP contribution in [0.25, 0.3) is 0 Å². The Morgan fingerprint density at radius 1 is 1.24 bits per heavy atom. The highest BCUT2D eigenvalue weighted by atomic mass is 16.7. The van der Waals surface area contributed by atoms with Gasteiger partial charge in [0, 0.05) is 23.2 Å². The first kappa shape index (κ1) is 20.5. The molecule has 0 aromatic heterocycles. The molecule has 1 N–H and O–H groups in total. The number of carbonyl (C=O) groups is 3. The molecule has 29 heavy (non-hydrogen) atoms. The Morgan fingerprint density at radius 2 is 1.93 bits per heavy atom. The molecule has 7 atom stereocenters. The van der Waals surface area contributed by atoms with Gasteiger partial charge in [0.05, 0.1) is 13.2 Å². The predicted molar refractivity (Wildman–Crippen MR) is 102 cm³/mol. The second-order valence-corrected chi connectivity index (χ2v) is 9.90. The molecule has 7 nitrogen and oxygen atoms in total. The normalized spacial score (nSPS) is 45.8. The summed E-state index contributed by atoms with van der Waals surface area (Å²) in [6.07, 6.45) is -0.474. The average Bonchev–Trinajstić information content (AvgIpc) is 3.38. The third-order valence-electron chi connectivity index (χ3n) is 8.25. The van der Waals surface area contributed by atoms with Crippen molar-refractivity contribution < 1.29 is 33.7 Å². The molecule has 0 aromatic rings. The van der Waals surface area contributed by atoms with E-state index in [1.807, 2.05) is 20.8 Å². The van der Waals surface area contributed by atoms with Gasteiger partial charge in [-0.15, -0.1) is 0 Å². The minimum absolute atomic E-state index is 0.125. The standard InChI is InChI=1S/C22H30O7/c1-11-12-6-7-14(23)21(4)9-8-16(28-19(26)27-5)20(2,3)13(21)10-15(24)22(17(11)25)18(12)29-22/h12-13,15-16,18,24H,1,6-10H2,2-5H3/t12-,13+,15+,16-,18+,21+,22-/m0/s1. The quantitative estimate of drug-likeness (QED) is 0.406. The van der Waals surface area contributed by atoms with Crippen LogP contribution in [0.2, 0.25) is 0 Å². The summed E-state index contributed by atoms with van der Waals surface area (Å²) in [6.45, 7) is 9.78. The highest BCUT2D eigenvalue weighted by Gasteiger charge is 2.75. The highest BCUT2D eigenvalue weighted by molar-refractivity contribution is 6.08. The van der Waals surface area contributed by atoms with Crippen molar-refractivity contribution in [1.29, 1.82) is 0 Å². The Labute approximate surface area is 170 Å². The van der Waals surface area contributed by atoms with Gasteiger partial charge < -0.3 is 19.3 Å². The lowest BCUT2D eigenvalue weighted by Crippen LogP contribution is -2.56. The van der Waals surface area contributed by atoms with Crippen molar-refractivity contribution in [3.05, 3.63) is 12.2 Å². The molecule has 1 heterocycles. The summed E-state index contributed by atoms with van der Waals surface area (Å²) in [5, 5.41) is 11.2. The lowest BCUT2D eigenvalue weighted by molar-refractivity contribution is -0.155. The summed E-state index contributed by atoms with van der Waals surface area (Å²) in [5.41, 5.74) is -2.03. The van der Waals surface area contributed by atoms with E-state index in [2.05, 4.69) is 11.3 Å². The number of epoxide rings is 1. The van der Waals surface area contributed by atoms with Crippen molar-refractivity contribution in [2.24, 2.45) is 22.7 Å². The van der Waals surface area contributed by atoms with Crippen LogP contribution in [-0.4, -0.2) is 53.9 Å². The molecule has 0 radical (unpaired) electrons. The van der Waals surface area contributed by atoms with Gasteiger partial charge in [0.2, 0.25) is 0 Å². The molecular formula is C22H30O7. The van der Waals surface area contributed by atoms with Gasteiger partial charge >= 0.3 is 6.16 Å². The summed E-state index contributed by atoms with van der Waals surface area (Å²) in [7, 11) is 1.26. The fourth-order valence-electron chi connectivity index (χ4n) is 6.35. The van der Waals surface area contributed by atoms with Gasteiger partial charge in [-0.1, -0.05) is 27.4 Å². The van der Waals surface area contributed by atoms with Gasteiger partial charge in [-0.25, -0.2) is 4.79 Å². The topological polar surface area (TPSA) is 102 Å². The number of fused-ring (bicyclic) bond motifs is 1. The first-order chi connectivity index (χ1) is 13.5. The predicted octanol–water partition coefficient (Wildman–Crippen LogP) is 2.59. The monoisotopic (exact) mass is 406 g/mol. The SMILES string of the molecule is C=C1C(=O)[C@]23O[C@@H]2[C@H]1CCC(=O)[C@]1(C)CC[C@H](OC(=O)OC)C(C)(C)[C@H]1C[C@H]3O. The number of Topliss-reactive ketones (excluding diaryl/α,β-unsaturated/α-hetero) is 2. The lowest BCUT2D eigenvalue weighted by Gasteiger charge is -2.54. The van der Waals surface area contributed by atoms with Crippen molar-refractivity contribution in [3.63, 3.8) is 0 Å². The summed E-state index contributed by atoms with van der Waals surface area (Å²) < 4.78 is 16.0. The van der Waals surface area contributed by atoms with Crippen molar-refractivity contribution in [2.45, 2.75) is 76.8 Å². The second-order valence-electron chi connectivity index (χ2n) is 9.90. The largest absolute Gasteiger partial charge is 0.508 e. The molecule has 1 aliphatic heterocycles. The molecular weight excluding hydrogens is 376 g/mol. The third kappa shape index (κ3) is 2.66. The molecule has 4 aliphatic rings. The molecule has 3 saturated carbocycles. The zero-order valence-corrected chi connectivity index (χ0v) is 17.5. The van der Waals surface area contributed by atoms with Crippen LogP contribution in [0, 0.1) is 22.7 Å². The molecule has 4 fully saturated rings. The van der Waals surface area contributed by atoms with Gasteiger partial charge in [0.15, 0.2) is 11.4 Å². The van der Waals surface area contributed by atoms with Crippen molar-refractivity contribution in [3.8, 4) is 0 Å². The van der Waals surface area contributed by atoms with Crippen LogP contribution in [0.15, 0.2) is 12.2 Å². The highest BCUT2D eigenvalue weighted by Crippen LogP contribution is 2.61. The first-order valence-electron chi connectivity index (χ1n) is 10.4. The lowest BCUT2D eigenvalue weighted by atomic mass is 9.51. The molecule has 2 bridgehead atoms. The molecule has 160 valence electrons. The van der Waals surface area contributed by atoms with Crippen molar-refractivity contribution in [1.82, 2.24) is 0 Å². The number of hydrogen-bond acceptors (Lipinski definition) is 7. The molecule has 3 aliphatic carbocycles. The zero-order chi connectivity index (χ0) is 21.4. The molecule has 1 saturated heterocycles. The fraction of sp³-hybridized carbons (Fsp3) is 0.773. The number of rotatable bonds is 1. The number of ketones is 2. The molecule has 0 amide bonds. The maximum Gasteiger partial charge on any atom is 0.508 e. The van der Waals surface area contributed by atoms with Crippen LogP contribution < -0.4 is 0 Å². The van der Waals surface area contributed by atoms with Gasteiger partial charge in [0.1, 0.15) is 18.0 Å². The van der Waals surface area contributed by atoms with Gasteiger partial charge in [-0.2, -0.15) is 0 Å². The van der Waals surface area contributed by atoms with Gasteiger partial charge in [0.25, 0.3) is 0 Å². The van der Waals surface area contributed by atoms with E-state index in [0.717, 1.165) is 0 Å². The number of ether oxygens (including phenoxy) is 3. The molecule has 7 heteroatoms. The smallest absolute Gasteiger partial charge is 0.438 e. The van der Waals surface area contributed by atoms with Crippen LogP contribution >= 0.6 is 0 Å². The number of hydrogen-bond donors (Lipinski definition) is 1. The van der Waals surface area contributed by atoms with E-state index in [1.54, 1.807) is 0 Å². The van der Waals surface area contributed by atoms with E-state index >= 15 is 0 Å². The van der Waals surface area contributed by atoms with Crippen LogP contribution in [0.4, 0.5) is 4.79 Å². The summed E-state index contributed by atoms with van der Waals surface area (Å²) in [4.78, 5) is 38.0.